The Morgan fingerprint density at radius 1 is 1.28 bits per heavy atom. The van der Waals surface area contributed by atoms with Crippen molar-refractivity contribution in [3.8, 4) is 0 Å². The first-order chi connectivity index (χ1) is 8.66. The second kappa shape index (κ2) is 5.64. The van der Waals surface area contributed by atoms with Crippen LogP contribution in [0.25, 0.3) is 0 Å². The minimum Gasteiger partial charge on any atom is -0.361 e. The van der Waals surface area contributed by atoms with E-state index in [1.54, 1.807) is 29.2 Å². The summed E-state index contributed by atoms with van der Waals surface area (Å²) in [7, 11) is 0. The van der Waals surface area contributed by atoms with Gasteiger partial charge in [0.05, 0.1) is 6.61 Å². The Morgan fingerprint density at radius 2 is 2.00 bits per heavy atom. The molecule has 1 saturated heterocycles. The Hall–Kier alpha value is -1.88. The van der Waals surface area contributed by atoms with Crippen LogP contribution in [0.5, 0.6) is 0 Å². The highest BCUT2D eigenvalue weighted by Crippen LogP contribution is 2.13. The van der Waals surface area contributed by atoms with Gasteiger partial charge < -0.3 is 15.0 Å². The molecule has 96 valence electrons. The Labute approximate surface area is 106 Å². The molecule has 1 N–H and O–H groups in total. The summed E-state index contributed by atoms with van der Waals surface area (Å²) < 4.78 is 5.25. The molecule has 1 aliphatic rings. The van der Waals surface area contributed by atoms with Crippen molar-refractivity contribution < 1.29 is 14.3 Å². The monoisotopic (exact) mass is 248 g/mol. The van der Waals surface area contributed by atoms with E-state index < -0.39 is 0 Å². The fraction of sp³-hybridized carbons (Fsp3) is 0.385. The maximum absolute atomic E-state index is 12.1. The molecule has 1 heterocycles. The van der Waals surface area contributed by atoms with Crippen molar-refractivity contribution >= 4 is 17.5 Å². The van der Waals surface area contributed by atoms with E-state index in [9.17, 15) is 9.59 Å². The summed E-state index contributed by atoms with van der Waals surface area (Å²) in [6.45, 7) is 3.24. The van der Waals surface area contributed by atoms with Crippen molar-refractivity contribution in [3.63, 3.8) is 0 Å². The molecule has 1 aliphatic heterocycles. The minimum absolute atomic E-state index is 0.0379. The van der Waals surface area contributed by atoms with Gasteiger partial charge in [0.25, 0.3) is 5.91 Å². The molecule has 0 aliphatic carbocycles. The van der Waals surface area contributed by atoms with Crippen molar-refractivity contribution in [2.24, 2.45) is 0 Å². The Morgan fingerprint density at radius 3 is 2.56 bits per heavy atom. The third kappa shape index (κ3) is 3.07. The number of nitrogens with one attached hydrogen (secondary N) is 1. The second-order valence-electron chi connectivity index (χ2n) is 4.22. The summed E-state index contributed by atoms with van der Waals surface area (Å²) in [6.07, 6.45) is 0.871. The van der Waals surface area contributed by atoms with Crippen LogP contribution >= 0.6 is 0 Å². The van der Waals surface area contributed by atoms with Gasteiger partial charge in [0.1, 0.15) is 6.73 Å². The maximum atomic E-state index is 12.1. The highest BCUT2D eigenvalue weighted by atomic mass is 16.5. The van der Waals surface area contributed by atoms with E-state index in [1.165, 1.54) is 6.92 Å². The average Bonchev–Trinajstić information content (AvgIpc) is 2.39. The molecule has 0 radical (unpaired) electrons. The third-order valence-electron chi connectivity index (χ3n) is 2.70. The number of nitrogens with zero attached hydrogens (tertiary/aromatic N) is 1. The van der Waals surface area contributed by atoms with Gasteiger partial charge in [-0.3, -0.25) is 9.59 Å². The van der Waals surface area contributed by atoms with Gasteiger partial charge in [-0.25, -0.2) is 0 Å². The summed E-state index contributed by atoms with van der Waals surface area (Å²) in [6, 6.07) is 6.86. The van der Waals surface area contributed by atoms with Crippen molar-refractivity contribution in [1.29, 1.82) is 0 Å². The summed E-state index contributed by atoms with van der Waals surface area (Å²) >= 11 is 0. The maximum Gasteiger partial charge on any atom is 0.255 e. The third-order valence-corrected chi connectivity index (χ3v) is 2.70. The Kier molecular flexibility index (Phi) is 3.94. The quantitative estimate of drug-likeness (QED) is 0.862. The van der Waals surface area contributed by atoms with Gasteiger partial charge in [-0.1, -0.05) is 0 Å². The molecule has 2 rings (SSSR count). The van der Waals surface area contributed by atoms with Crippen LogP contribution in [0.4, 0.5) is 5.69 Å². The molecule has 0 unspecified atom stereocenters. The summed E-state index contributed by atoms with van der Waals surface area (Å²) in [4.78, 5) is 24.6. The van der Waals surface area contributed by atoms with E-state index in [0.29, 0.717) is 24.6 Å². The fourth-order valence-electron chi connectivity index (χ4n) is 1.84. The predicted octanol–water partition coefficient (Wildman–Crippen LogP) is 1.46. The van der Waals surface area contributed by atoms with Crippen LogP contribution in [0.1, 0.15) is 23.7 Å². The van der Waals surface area contributed by atoms with Crippen LogP contribution in [-0.2, 0) is 9.53 Å². The highest BCUT2D eigenvalue weighted by molar-refractivity contribution is 5.95. The fourth-order valence-corrected chi connectivity index (χ4v) is 1.84. The number of rotatable bonds is 2. The summed E-state index contributed by atoms with van der Waals surface area (Å²) in [5, 5.41) is 2.66. The van der Waals surface area contributed by atoms with Crippen LogP contribution in [0, 0.1) is 0 Å². The number of carbonyl (C=O) groups is 2. The van der Waals surface area contributed by atoms with Crippen LogP contribution in [0.3, 0.4) is 0 Å². The van der Waals surface area contributed by atoms with Crippen molar-refractivity contribution in [1.82, 2.24) is 4.90 Å². The first kappa shape index (κ1) is 12.6. The number of carbonyl (C=O) groups excluding carboxylic acids is 2. The first-order valence-corrected chi connectivity index (χ1v) is 5.91. The smallest absolute Gasteiger partial charge is 0.255 e. The molecule has 5 nitrogen and oxygen atoms in total. The lowest BCUT2D eigenvalue weighted by Gasteiger charge is -2.26. The number of ether oxygens (including phenoxy) is 1. The number of amides is 2. The summed E-state index contributed by atoms with van der Waals surface area (Å²) in [5.41, 5.74) is 1.29. The van der Waals surface area contributed by atoms with Gasteiger partial charge in [-0.05, 0) is 30.7 Å². The molecule has 0 saturated carbocycles. The number of hydrogen-bond acceptors (Lipinski definition) is 3. The van der Waals surface area contributed by atoms with Crippen LogP contribution < -0.4 is 5.32 Å². The van der Waals surface area contributed by atoms with Gasteiger partial charge >= 0.3 is 0 Å². The lowest BCUT2D eigenvalue weighted by Crippen LogP contribution is -2.38. The molecule has 18 heavy (non-hydrogen) atoms. The van der Waals surface area contributed by atoms with E-state index in [2.05, 4.69) is 5.32 Å². The van der Waals surface area contributed by atoms with Gasteiger partial charge in [0.15, 0.2) is 0 Å². The molecule has 5 heteroatoms. The standard InChI is InChI=1S/C13H16N2O3/c1-10(16)14-12-5-3-11(4-6-12)13(17)15-7-2-8-18-9-15/h3-6H,2,7-9H2,1H3,(H,14,16). The molecule has 2 amide bonds. The second-order valence-corrected chi connectivity index (χ2v) is 4.22. The SMILES string of the molecule is CC(=O)Nc1ccc(C(=O)N2CCCOC2)cc1. The van der Waals surface area contributed by atoms with Crippen LogP contribution in [0.2, 0.25) is 0 Å². The van der Waals surface area contributed by atoms with Crippen molar-refractivity contribution in [3.05, 3.63) is 29.8 Å². The molecule has 0 spiro atoms. The average molecular weight is 248 g/mol. The zero-order chi connectivity index (χ0) is 13.0. The van der Waals surface area contributed by atoms with E-state index in [0.717, 1.165) is 13.0 Å². The zero-order valence-electron chi connectivity index (χ0n) is 10.3. The number of benzene rings is 1. The van der Waals surface area contributed by atoms with Gasteiger partial charge in [-0.15, -0.1) is 0 Å². The lowest BCUT2D eigenvalue weighted by atomic mass is 10.1. The van der Waals surface area contributed by atoms with Crippen LogP contribution in [0.15, 0.2) is 24.3 Å². The number of anilines is 1. The van der Waals surface area contributed by atoms with Crippen molar-refractivity contribution in [2.45, 2.75) is 13.3 Å². The topological polar surface area (TPSA) is 58.6 Å². The molecule has 0 atom stereocenters. The van der Waals surface area contributed by atoms with E-state index in [-0.39, 0.29) is 11.8 Å². The molecule has 1 fully saturated rings. The van der Waals surface area contributed by atoms with E-state index in [1.807, 2.05) is 0 Å². The highest BCUT2D eigenvalue weighted by Gasteiger charge is 2.18. The predicted molar refractivity (Wildman–Crippen MR) is 67.2 cm³/mol. The van der Waals surface area contributed by atoms with Gasteiger partial charge in [0, 0.05) is 24.7 Å². The Balaban J connectivity index is 2.04. The number of hydrogen-bond donors (Lipinski definition) is 1. The summed E-state index contributed by atoms with van der Waals surface area (Å²) in [5.74, 6) is -0.164. The van der Waals surface area contributed by atoms with Gasteiger partial charge in [-0.2, -0.15) is 0 Å². The molecule has 0 aromatic heterocycles. The zero-order valence-corrected chi connectivity index (χ0v) is 10.3. The van der Waals surface area contributed by atoms with E-state index >= 15 is 0 Å². The molecule has 1 aromatic rings. The molecular formula is C13H16N2O3. The molecule has 1 aromatic carbocycles. The van der Waals surface area contributed by atoms with Gasteiger partial charge in [0.2, 0.25) is 5.91 Å². The van der Waals surface area contributed by atoms with Crippen LogP contribution in [-0.4, -0.2) is 36.6 Å². The van der Waals surface area contributed by atoms with Crippen molar-refractivity contribution in [2.75, 3.05) is 25.2 Å². The minimum atomic E-state index is -0.126. The molecular weight excluding hydrogens is 232 g/mol. The normalized spacial score (nSPS) is 15.3. The lowest BCUT2D eigenvalue weighted by molar-refractivity contribution is -0.114. The van der Waals surface area contributed by atoms with E-state index in [4.69, 9.17) is 4.74 Å². The molecule has 0 bridgehead atoms. The first-order valence-electron chi connectivity index (χ1n) is 5.91. The largest absolute Gasteiger partial charge is 0.361 e. The Bertz CT molecular complexity index is 436.